The summed E-state index contributed by atoms with van der Waals surface area (Å²) in [5.74, 6) is 6.73. The molecule has 4 aromatic rings. The Morgan fingerprint density at radius 2 is 1.68 bits per heavy atom. The van der Waals surface area contributed by atoms with Gasteiger partial charge >= 0.3 is 0 Å². The molecule has 0 aliphatic carbocycles. The topological polar surface area (TPSA) is 94.9 Å². The van der Waals surface area contributed by atoms with E-state index in [1.807, 2.05) is 68.4 Å². The molecule has 5 rings (SSSR count). The van der Waals surface area contributed by atoms with E-state index in [1.54, 1.807) is 21.3 Å². The van der Waals surface area contributed by atoms with Gasteiger partial charge in [0.05, 0.1) is 22.8 Å². The van der Waals surface area contributed by atoms with Crippen LogP contribution in [-0.4, -0.2) is 36.3 Å². The maximum atomic E-state index is 13.3. The fourth-order valence-corrected chi connectivity index (χ4v) is 5.27. The number of carbonyl (C=O) groups is 1. The van der Waals surface area contributed by atoms with Gasteiger partial charge < -0.3 is 5.84 Å². The van der Waals surface area contributed by atoms with E-state index in [9.17, 15) is 4.79 Å². The van der Waals surface area contributed by atoms with Gasteiger partial charge in [0.2, 0.25) is 11.1 Å². The van der Waals surface area contributed by atoms with Crippen LogP contribution in [0.4, 0.5) is 11.4 Å². The third kappa shape index (κ3) is 3.47. The van der Waals surface area contributed by atoms with Gasteiger partial charge in [-0.3, -0.25) is 9.69 Å². The van der Waals surface area contributed by atoms with Gasteiger partial charge in [-0.1, -0.05) is 47.8 Å². The summed E-state index contributed by atoms with van der Waals surface area (Å²) >= 11 is 2.92. The molecule has 31 heavy (non-hydrogen) atoms. The highest BCUT2D eigenvalue weighted by Crippen LogP contribution is 2.48. The van der Waals surface area contributed by atoms with Crippen LogP contribution in [0.1, 0.15) is 11.4 Å². The molecule has 1 aliphatic heterocycles. The summed E-state index contributed by atoms with van der Waals surface area (Å²) in [4.78, 5) is 17.2. The highest BCUT2D eigenvalue weighted by Gasteiger charge is 2.28. The summed E-state index contributed by atoms with van der Waals surface area (Å²) in [5, 5.41) is 13.2. The first-order valence-electron chi connectivity index (χ1n) is 9.59. The molecule has 156 valence electrons. The third-order valence-electron chi connectivity index (χ3n) is 4.85. The van der Waals surface area contributed by atoms with Crippen molar-refractivity contribution in [2.24, 2.45) is 0 Å². The van der Waals surface area contributed by atoms with Crippen molar-refractivity contribution in [2.45, 2.75) is 28.8 Å². The quantitative estimate of drug-likeness (QED) is 0.375. The number of amides is 1. The lowest BCUT2D eigenvalue weighted by molar-refractivity contribution is -0.115. The van der Waals surface area contributed by atoms with Gasteiger partial charge in [-0.15, -0.1) is 10.2 Å². The van der Waals surface area contributed by atoms with E-state index in [4.69, 9.17) is 5.84 Å². The van der Waals surface area contributed by atoms with E-state index < -0.39 is 0 Å². The molecule has 2 N–H and O–H groups in total. The van der Waals surface area contributed by atoms with Crippen molar-refractivity contribution in [1.29, 1.82) is 0 Å². The second-order valence-electron chi connectivity index (χ2n) is 7.05. The van der Waals surface area contributed by atoms with Gasteiger partial charge in [0, 0.05) is 15.5 Å². The molecule has 3 heterocycles. The molecule has 0 saturated heterocycles. The third-order valence-corrected chi connectivity index (χ3v) is 6.91. The molecular weight excluding hydrogens is 430 g/mol. The molecule has 2 aromatic heterocycles. The number of para-hydroxylation sites is 2. The molecule has 1 amide bonds. The van der Waals surface area contributed by atoms with Crippen LogP contribution < -0.4 is 10.7 Å². The standard InChI is InChI=1S/C21H19N7OS2/c1-13-11-14(2)28(25-13)20-23-24-21(27(20)22)30-12-19(29)26-15-7-3-5-9-17(15)31-18-10-6-4-8-16(18)26/h3-11H,12,22H2,1-2H3. The number of aryl methyl sites for hydroxylation is 2. The van der Waals surface area contributed by atoms with E-state index >= 15 is 0 Å². The van der Waals surface area contributed by atoms with E-state index in [2.05, 4.69) is 15.3 Å². The Hall–Kier alpha value is -3.24. The summed E-state index contributed by atoms with van der Waals surface area (Å²) in [7, 11) is 0. The van der Waals surface area contributed by atoms with Crippen LogP contribution in [0.3, 0.4) is 0 Å². The fourth-order valence-electron chi connectivity index (χ4n) is 3.51. The largest absolute Gasteiger partial charge is 0.334 e. The predicted octanol–water partition coefficient (Wildman–Crippen LogP) is 3.72. The number of hydrogen-bond donors (Lipinski definition) is 1. The van der Waals surface area contributed by atoms with E-state index in [0.29, 0.717) is 11.1 Å². The minimum Gasteiger partial charge on any atom is -0.334 e. The number of benzene rings is 2. The Balaban J connectivity index is 1.41. The zero-order chi connectivity index (χ0) is 21.5. The van der Waals surface area contributed by atoms with Gasteiger partial charge in [0.15, 0.2) is 0 Å². The predicted molar refractivity (Wildman–Crippen MR) is 122 cm³/mol. The number of thioether (sulfide) groups is 1. The molecule has 2 aromatic carbocycles. The molecule has 0 unspecified atom stereocenters. The summed E-state index contributed by atoms with van der Waals surface area (Å²) in [6, 6.07) is 17.8. The average Bonchev–Trinajstić information content (AvgIpc) is 3.30. The van der Waals surface area contributed by atoms with Crippen molar-refractivity contribution in [1.82, 2.24) is 24.7 Å². The molecule has 1 aliphatic rings. The van der Waals surface area contributed by atoms with E-state index in [-0.39, 0.29) is 11.7 Å². The summed E-state index contributed by atoms with van der Waals surface area (Å²) in [6.07, 6.45) is 0. The number of carbonyl (C=O) groups excluding carboxylic acids is 1. The zero-order valence-electron chi connectivity index (χ0n) is 16.9. The minimum absolute atomic E-state index is 0.0548. The number of nitrogens with zero attached hydrogens (tertiary/aromatic N) is 6. The zero-order valence-corrected chi connectivity index (χ0v) is 18.5. The van der Waals surface area contributed by atoms with Gasteiger partial charge in [0.1, 0.15) is 0 Å². The molecule has 0 atom stereocenters. The molecule has 0 fully saturated rings. The fraction of sp³-hybridized carbons (Fsp3) is 0.143. The van der Waals surface area contributed by atoms with Crippen molar-refractivity contribution < 1.29 is 4.79 Å². The second-order valence-corrected chi connectivity index (χ2v) is 9.07. The van der Waals surface area contributed by atoms with Gasteiger partial charge in [0.25, 0.3) is 5.95 Å². The van der Waals surface area contributed by atoms with Crippen LogP contribution in [-0.2, 0) is 4.79 Å². The lowest BCUT2D eigenvalue weighted by Crippen LogP contribution is -2.30. The monoisotopic (exact) mass is 449 g/mol. The molecular formula is C21H19N7OS2. The first-order chi connectivity index (χ1) is 15.0. The minimum atomic E-state index is -0.0548. The summed E-state index contributed by atoms with van der Waals surface area (Å²) in [5.41, 5.74) is 3.54. The normalized spacial score (nSPS) is 12.5. The van der Waals surface area contributed by atoms with Crippen molar-refractivity contribution in [2.75, 3.05) is 16.5 Å². The Bertz CT molecular complexity index is 1250. The van der Waals surface area contributed by atoms with Crippen molar-refractivity contribution >= 4 is 40.8 Å². The van der Waals surface area contributed by atoms with Crippen LogP contribution in [0, 0.1) is 13.8 Å². The van der Waals surface area contributed by atoms with Crippen molar-refractivity contribution in [3.8, 4) is 5.95 Å². The number of aromatic nitrogens is 5. The first-order valence-corrected chi connectivity index (χ1v) is 11.4. The lowest BCUT2D eigenvalue weighted by atomic mass is 10.2. The van der Waals surface area contributed by atoms with Gasteiger partial charge in [-0.2, -0.15) is 5.10 Å². The summed E-state index contributed by atoms with van der Waals surface area (Å²) < 4.78 is 3.01. The smallest absolute Gasteiger partial charge is 0.271 e. The second kappa shape index (κ2) is 7.78. The van der Waals surface area contributed by atoms with Crippen LogP contribution in [0.25, 0.3) is 5.95 Å². The Kier molecular flexibility index (Phi) is 4.95. The van der Waals surface area contributed by atoms with E-state index in [1.165, 1.54) is 16.4 Å². The SMILES string of the molecule is Cc1cc(C)n(-c2nnc(SCC(=O)N3c4ccccc4Sc4ccccc43)n2N)n1. The number of nitrogen functional groups attached to an aromatic ring is 1. The first kappa shape index (κ1) is 19.7. The molecule has 0 saturated carbocycles. The van der Waals surface area contributed by atoms with Crippen LogP contribution >= 0.6 is 23.5 Å². The highest BCUT2D eigenvalue weighted by molar-refractivity contribution is 8.00. The number of anilines is 2. The van der Waals surface area contributed by atoms with E-state index in [0.717, 1.165) is 32.6 Å². The maximum Gasteiger partial charge on any atom is 0.271 e. The molecule has 8 nitrogen and oxygen atoms in total. The number of nitrogens with two attached hydrogens (primary N) is 1. The Morgan fingerprint density at radius 3 is 2.29 bits per heavy atom. The average molecular weight is 450 g/mol. The van der Waals surface area contributed by atoms with Crippen molar-refractivity contribution in [3.63, 3.8) is 0 Å². The van der Waals surface area contributed by atoms with Crippen molar-refractivity contribution in [3.05, 3.63) is 66.0 Å². The Labute approximate surface area is 187 Å². The summed E-state index contributed by atoms with van der Waals surface area (Å²) in [6.45, 7) is 3.83. The Morgan fingerprint density at radius 1 is 1.03 bits per heavy atom. The van der Waals surface area contributed by atoms with Gasteiger partial charge in [-0.05, 0) is 44.2 Å². The van der Waals surface area contributed by atoms with Crippen LogP contribution in [0.2, 0.25) is 0 Å². The maximum absolute atomic E-state index is 13.3. The molecule has 0 radical (unpaired) electrons. The number of rotatable bonds is 4. The molecule has 0 spiro atoms. The lowest BCUT2D eigenvalue weighted by Gasteiger charge is -2.30. The molecule has 10 heteroatoms. The van der Waals surface area contributed by atoms with Crippen LogP contribution in [0.15, 0.2) is 69.5 Å². The number of hydrogen-bond acceptors (Lipinski definition) is 7. The van der Waals surface area contributed by atoms with Crippen LogP contribution in [0.5, 0.6) is 0 Å². The highest BCUT2D eigenvalue weighted by atomic mass is 32.2. The number of fused-ring (bicyclic) bond motifs is 2. The van der Waals surface area contributed by atoms with Gasteiger partial charge in [-0.25, -0.2) is 9.36 Å². The molecule has 0 bridgehead atoms.